The number of carbonyl (C=O) groups excluding carboxylic acids is 1. The second-order valence-corrected chi connectivity index (χ2v) is 7.31. The van der Waals surface area contributed by atoms with Gasteiger partial charge in [0.1, 0.15) is 11.6 Å². The first kappa shape index (κ1) is 17.1. The van der Waals surface area contributed by atoms with Crippen molar-refractivity contribution in [3.05, 3.63) is 75.4 Å². The molecule has 0 radical (unpaired) electrons. The molecule has 1 atom stereocenters. The number of carbonyl (C=O) groups is 1. The second kappa shape index (κ2) is 7.13. The van der Waals surface area contributed by atoms with Gasteiger partial charge in [0.05, 0.1) is 12.7 Å². The third kappa shape index (κ3) is 3.48. The standard InChI is InChI=1S/C19H15BrClN3O2/c20-15-4-2-1-3-12(15)11-24-18(7-8-22-24)23-19(25)17-10-13-9-14(21)5-6-16(13)26-17/h1-9,17H,10-11H2,(H,23,25). The molecule has 1 aliphatic heterocycles. The van der Waals surface area contributed by atoms with Gasteiger partial charge in [-0.3, -0.25) is 4.79 Å². The van der Waals surface area contributed by atoms with E-state index in [0.29, 0.717) is 29.6 Å². The normalized spacial score (nSPS) is 15.4. The molecule has 0 spiro atoms. The number of fused-ring (bicyclic) bond motifs is 1. The molecule has 7 heteroatoms. The van der Waals surface area contributed by atoms with Crippen molar-refractivity contribution in [1.82, 2.24) is 9.78 Å². The van der Waals surface area contributed by atoms with E-state index >= 15 is 0 Å². The van der Waals surface area contributed by atoms with E-state index in [2.05, 4.69) is 26.3 Å². The minimum Gasteiger partial charge on any atom is -0.480 e. The van der Waals surface area contributed by atoms with Crippen LogP contribution in [0.3, 0.4) is 0 Å². The van der Waals surface area contributed by atoms with Crippen molar-refractivity contribution in [2.75, 3.05) is 5.32 Å². The second-order valence-electron chi connectivity index (χ2n) is 6.02. The van der Waals surface area contributed by atoms with Crippen molar-refractivity contribution in [3.8, 4) is 5.75 Å². The third-order valence-corrected chi connectivity index (χ3v) is 5.24. The van der Waals surface area contributed by atoms with Crippen LogP contribution in [0.2, 0.25) is 5.02 Å². The summed E-state index contributed by atoms with van der Waals surface area (Å²) in [7, 11) is 0. The van der Waals surface area contributed by atoms with Crippen molar-refractivity contribution in [3.63, 3.8) is 0 Å². The molecule has 5 nitrogen and oxygen atoms in total. The number of amides is 1. The van der Waals surface area contributed by atoms with Crippen LogP contribution in [-0.2, 0) is 17.8 Å². The Morgan fingerprint density at radius 2 is 2.15 bits per heavy atom. The molecule has 0 bridgehead atoms. The summed E-state index contributed by atoms with van der Waals surface area (Å²) in [5.41, 5.74) is 2.02. The first-order valence-electron chi connectivity index (χ1n) is 8.11. The van der Waals surface area contributed by atoms with E-state index in [-0.39, 0.29) is 5.91 Å². The highest BCUT2D eigenvalue weighted by atomic mass is 79.9. The van der Waals surface area contributed by atoms with E-state index in [1.807, 2.05) is 30.3 Å². The number of hydrogen-bond acceptors (Lipinski definition) is 3. The van der Waals surface area contributed by atoms with E-state index in [1.165, 1.54) is 0 Å². The van der Waals surface area contributed by atoms with Crippen LogP contribution in [0, 0.1) is 0 Å². The van der Waals surface area contributed by atoms with Crippen LogP contribution in [0.1, 0.15) is 11.1 Å². The van der Waals surface area contributed by atoms with Crippen molar-refractivity contribution < 1.29 is 9.53 Å². The molecule has 1 unspecified atom stereocenters. The number of ether oxygens (including phenoxy) is 1. The summed E-state index contributed by atoms with van der Waals surface area (Å²) in [6, 6.07) is 15.1. The quantitative estimate of drug-likeness (QED) is 0.669. The number of hydrogen-bond donors (Lipinski definition) is 1. The smallest absolute Gasteiger partial charge is 0.266 e. The highest BCUT2D eigenvalue weighted by molar-refractivity contribution is 9.10. The lowest BCUT2D eigenvalue weighted by atomic mass is 10.1. The Labute approximate surface area is 164 Å². The Morgan fingerprint density at radius 3 is 3.00 bits per heavy atom. The molecule has 0 fully saturated rings. The van der Waals surface area contributed by atoms with Gasteiger partial charge in [0, 0.05) is 22.0 Å². The van der Waals surface area contributed by atoms with E-state index < -0.39 is 6.10 Å². The SMILES string of the molecule is O=C(Nc1ccnn1Cc1ccccc1Br)C1Cc2cc(Cl)ccc2O1. The Balaban J connectivity index is 1.46. The number of aromatic nitrogens is 2. The largest absolute Gasteiger partial charge is 0.480 e. The van der Waals surface area contributed by atoms with E-state index in [1.54, 1.807) is 29.1 Å². The van der Waals surface area contributed by atoms with Gasteiger partial charge in [-0.25, -0.2) is 4.68 Å². The van der Waals surface area contributed by atoms with Crippen LogP contribution in [0.15, 0.2) is 59.2 Å². The molecular weight excluding hydrogens is 418 g/mol. The lowest BCUT2D eigenvalue weighted by molar-refractivity contribution is -0.122. The zero-order valence-corrected chi connectivity index (χ0v) is 16.0. The van der Waals surface area contributed by atoms with E-state index in [4.69, 9.17) is 16.3 Å². The van der Waals surface area contributed by atoms with Crippen molar-refractivity contribution in [1.29, 1.82) is 0 Å². The van der Waals surface area contributed by atoms with Gasteiger partial charge in [-0.05, 0) is 35.4 Å². The van der Waals surface area contributed by atoms with Crippen LogP contribution in [-0.4, -0.2) is 21.8 Å². The summed E-state index contributed by atoms with van der Waals surface area (Å²) in [4.78, 5) is 12.6. The van der Waals surface area contributed by atoms with Crippen LogP contribution in [0.25, 0.3) is 0 Å². The predicted molar refractivity (Wildman–Crippen MR) is 104 cm³/mol. The average Bonchev–Trinajstić information content (AvgIpc) is 3.23. The van der Waals surface area contributed by atoms with E-state index in [9.17, 15) is 4.79 Å². The fraction of sp³-hybridized carbons (Fsp3) is 0.158. The molecule has 1 N–H and O–H groups in total. The van der Waals surface area contributed by atoms with Gasteiger partial charge in [-0.2, -0.15) is 5.10 Å². The minimum atomic E-state index is -0.574. The van der Waals surface area contributed by atoms with Crippen LogP contribution >= 0.6 is 27.5 Å². The number of nitrogens with one attached hydrogen (secondary N) is 1. The highest BCUT2D eigenvalue weighted by Crippen LogP contribution is 2.31. The first-order valence-corrected chi connectivity index (χ1v) is 9.28. The van der Waals surface area contributed by atoms with Crippen molar-refractivity contribution >= 4 is 39.3 Å². The summed E-state index contributed by atoms with van der Waals surface area (Å²) in [5.74, 6) is 1.13. The Kier molecular flexibility index (Phi) is 4.70. The van der Waals surface area contributed by atoms with E-state index in [0.717, 1.165) is 15.6 Å². The maximum absolute atomic E-state index is 12.6. The molecule has 0 aliphatic carbocycles. The maximum Gasteiger partial charge on any atom is 0.266 e. The van der Waals surface area contributed by atoms with Crippen molar-refractivity contribution in [2.24, 2.45) is 0 Å². The topological polar surface area (TPSA) is 56.2 Å². The fourth-order valence-electron chi connectivity index (χ4n) is 2.92. The molecule has 4 rings (SSSR count). The van der Waals surface area contributed by atoms with Crippen LogP contribution in [0.4, 0.5) is 5.82 Å². The Morgan fingerprint density at radius 1 is 1.31 bits per heavy atom. The number of nitrogens with zero attached hydrogens (tertiary/aromatic N) is 2. The molecule has 0 saturated heterocycles. The Hall–Kier alpha value is -2.31. The molecule has 0 saturated carbocycles. The summed E-state index contributed by atoms with van der Waals surface area (Å²) >= 11 is 9.54. The lowest BCUT2D eigenvalue weighted by Gasteiger charge is -2.13. The third-order valence-electron chi connectivity index (χ3n) is 4.24. The van der Waals surface area contributed by atoms with Crippen molar-refractivity contribution in [2.45, 2.75) is 19.1 Å². The summed E-state index contributed by atoms with van der Waals surface area (Å²) in [5, 5.41) is 7.85. The zero-order chi connectivity index (χ0) is 18.1. The van der Waals surface area contributed by atoms with Gasteiger partial charge in [-0.1, -0.05) is 45.7 Å². The molecule has 26 heavy (non-hydrogen) atoms. The highest BCUT2D eigenvalue weighted by Gasteiger charge is 2.29. The summed E-state index contributed by atoms with van der Waals surface area (Å²) in [6.07, 6.45) is 1.59. The number of benzene rings is 2. The van der Waals surface area contributed by atoms with Gasteiger partial charge >= 0.3 is 0 Å². The number of halogens is 2. The molecule has 3 aromatic rings. The molecular formula is C19H15BrClN3O2. The van der Waals surface area contributed by atoms with Crippen LogP contribution < -0.4 is 10.1 Å². The zero-order valence-electron chi connectivity index (χ0n) is 13.7. The molecule has 132 valence electrons. The monoisotopic (exact) mass is 431 g/mol. The number of anilines is 1. The fourth-order valence-corrected chi connectivity index (χ4v) is 3.53. The molecule has 2 heterocycles. The number of rotatable bonds is 4. The summed E-state index contributed by atoms with van der Waals surface area (Å²) in [6.45, 7) is 0.547. The van der Waals surface area contributed by atoms with Gasteiger partial charge in [0.15, 0.2) is 6.10 Å². The van der Waals surface area contributed by atoms with Gasteiger partial charge in [-0.15, -0.1) is 0 Å². The van der Waals surface area contributed by atoms with Gasteiger partial charge in [0.2, 0.25) is 0 Å². The summed E-state index contributed by atoms with van der Waals surface area (Å²) < 4.78 is 8.49. The predicted octanol–water partition coefficient (Wildman–Crippen LogP) is 4.29. The molecule has 1 aromatic heterocycles. The minimum absolute atomic E-state index is 0.203. The van der Waals surface area contributed by atoms with Crippen LogP contribution in [0.5, 0.6) is 5.75 Å². The van der Waals surface area contributed by atoms with Gasteiger partial charge < -0.3 is 10.1 Å². The average molecular weight is 433 g/mol. The molecule has 2 aromatic carbocycles. The maximum atomic E-state index is 12.6. The Bertz CT molecular complexity index is 973. The molecule has 1 amide bonds. The first-order chi connectivity index (χ1) is 12.6. The van der Waals surface area contributed by atoms with Gasteiger partial charge in [0.25, 0.3) is 5.91 Å². The molecule has 1 aliphatic rings. The lowest BCUT2D eigenvalue weighted by Crippen LogP contribution is -2.32.